The van der Waals surface area contributed by atoms with E-state index >= 15 is 0 Å². The minimum absolute atomic E-state index is 0.157. The molecule has 34 heavy (non-hydrogen) atoms. The molecule has 1 N–H and O–H groups in total. The molecule has 2 heterocycles. The van der Waals surface area contributed by atoms with Gasteiger partial charge >= 0.3 is 5.69 Å². The van der Waals surface area contributed by atoms with Gasteiger partial charge in [0, 0.05) is 19.2 Å². The lowest BCUT2D eigenvalue weighted by Gasteiger charge is -2.19. The van der Waals surface area contributed by atoms with Crippen molar-refractivity contribution >= 4 is 22.4 Å². The van der Waals surface area contributed by atoms with Crippen molar-refractivity contribution in [1.29, 1.82) is 0 Å². The van der Waals surface area contributed by atoms with Gasteiger partial charge in [0.15, 0.2) is 0 Å². The van der Waals surface area contributed by atoms with E-state index in [9.17, 15) is 18.8 Å². The third-order valence-electron chi connectivity index (χ3n) is 6.22. The first-order valence-corrected chi connectivity index (χ1v) is 11.4. The highest BCUT2D eigenvalue weighted by Crippen LogP contribution is 2.33. The van der Waals surface area contributed by atoms with E-state index in [-0.39, 0.29) is 28.5 Å². The highest BCUT2D eigenvalue weighted by atomic mass is 19.1. The third kappa shape index (κ3) is 3.65. The van der Waals surface area contributed by atoms with Gasteiger partial charge in [-0.15, -0.1) is 0 Å². The molecular weight excluding hydrogens is 435 g/mol. The van der Waals surface area contributed by atoms with E-state index in [2.05, 4.69) is 5.32 Å². The molecule has 2 aromatic heterocycles. The Labute approximate surface area is 194 Å². The fraction of sp³-hybridized carbons (Fsp3) is 0.269. The maximum atomic E-state index is 14.9. The van der Waals surface area contributed by atoms with Crippen LogP contribution >= 0.6 is 0 Å². The van der Waals surface area contributed by atoms with Crippen LogP contribution in [0.3, 0.4) is 0 Å². The molecule has 1 aliphatic carbocycles. The molecule has 7 nitrogen and oxygen atoms in total. The number of nitrogens with one attached hydrogen (secondary N) is 1. The Morgan fingerprint density at radius 3 is 2.38 bits per heavy atom. The van der Waals surface area contributed by atoms with E-state index < -0.39 is 22.6 Å². The largest absolute Gasteiger partial charge is 0.352 e. The van der Waals surface area contributed by atoms with Crippen molar-refractivity contribution in [2.24, 2.45) is 7.05 Å². The van der Waals surface area contributed by atoms with Gasteiger partial charge in [0.25, 0.3) is 11.1 Å². The standard InChI is InChI=1S/C26H25FN4O3/c1-3-7-16-10-13-20(19(27)14-16)28-21-15-22(32)29(2)24-23(21)25(33)31(18-11-12-18)26(34)30(24)17-8-5-4-6-9-17/h4-6,8-10,13-15,18,28H,3,7,11-12H2,1-2H3. The first-order valence-electron chi connectivity index (χ1n) is 11.4. The number of anilines is 2. The predicted octanol–water partition coefficient (Wildman–Crippen LogP) is 4.02. The van der Waals surface area contributed by atoms with Crippen LogP contribution in [0.15, 0.2) is 69.0 Å². The van der Waals surface area contributed by atoms with Crippen molar-refractivity contribution in [1.82, 2.24) is 13.7 Å². The first-order chi connectivity index (χ1) is 16.4. The summed E-state index contributed by atoms with van der Waals surface area (Å²) in [7, 11) is 1.52. The van der Waals surface area contributed by atoms with Crippen LogP contribution in [0.2, 0.25) is 0 Å². The van der Waals surface area contributed by atoms with Crippen molar-refractivity contribution in [2.45, 2.75) is 38.6 Å². The summed E-state index contributed by atoms with van der Waals surface area (Å²) in [6, 6.07) is 14.9. The summed E-state index contributed by atoms with van der Waals surface area (Å²) in [5, 5.41) is 3.12. The predicted molar refractivity (Wildman–Crippen MR) is 131 cm³/mol. The van der Waals surface area contributed by atoms with Gasteiger partial charge < -0.3 is 5.32 Å². The van der Waals surface area contributed by atoms with E-state index in [1.807, 2.05) is 19.1 Å². The van der Waals surface area contributed by atoms with Crippen LogP contribution in [-0.2, 0) is 13.5 Å². The zero-order valence-corrected chi connectivity index (χ0v) is 19.0. The number of hydrogen-bond donors (Lipinski definition) is 1. The molecule has 0 bridgehead atoms. The molecule has 8 heteroatoms. The summed E-state index contributed by atoms with van der Waals surface area (Å²) in [6.07, 6.45) is 3.11. The molecule has 0 saturated heterocycles. The average molecular weight is 461 g/mol. The van der Waals surface area contributed by atoms with E-state index in [0.717, 1.165) is 31.2 Å². The maximum absolute atomic E-state index is 14.9. The van der Waals surface area contributed by atoms with Crippen LogP contribution in [0.4, 0.5) is 15.8 Å². The van der Waals surface area contributed by atoms with Gasteiger partial charge in [-0.25, -0.2) is 13.8 Å². The van der Waals surface area contributed by atoms with E-state index in [1.165, 1.54) is 32.9 Å². The van der Waals surface area contributed by atoms with Crippen LogP contribution in [-0.4, -0.2) is 13.7 Å². The van der Waals surface area contributed by atoms with Crippen molar-refractivity contribution < 1.29 is 4.39 Å². The normalized spacial score (nSPS) is 13.4. The minimum atomic E-state index is -0.492. The average Bonchev–Trinajstić information content (AvgIpc) is 3.65. The Morgan fingerprint density at radius 1 is 1.00 bits per heavy atom. The molecule has 2 aromatic carbocycles. The van der Waals surface area contributed by atoms with E-state index in [4.69, 9.17) is 0 Å². The number of para-hydroxylation sites is 1. The third-order valence-corrected chi connectivity index (χ3v) is 6.22. The Balaban J connectivity index is 1.82. The number of pyridine rings is 1. The van der Waals surface area contributed by atoms with Gasteiger partial charge in [-0.05, 0) is 49.1 Å². The fourth-order valence-corrected chi connectivity index (χ4v) is 4.38. The lowest BCUT2D eigenvalue weighted by Crippen LogP contribution is -2.41. The molecule has 0 unspecified atom stereocenters. The molecule has 0 radical (unpaired) electrons. The molecule has 0 spiro atoms. The second-order valence-electron chi connectivity index (χ2n) is 8.70. The van der Waals surface area contributed by atoms with Crippen LogP contribution < -0.4 is 22.1 Å². The molecule has 5 rings (SSSR count). The quantitative estimate of drug-likeness (QED) is 0.472. The second kappa shape index (κ2) is 8.44. The van der Waals surface area contributed by atoms with Crippen molar-refractivity contribution in [3.8, 4) is 5.69 Å². The molecular formula is C26H25FN4O3. The second-order valence-corrected chi connectivity index (χ2v) is 8.70. The molecule has 1 aliphatic rings. The number of halogens is 1. The smallest absolute Gasteiger partial charge is 0.337 e. The van der Waals surface area contributed by atoms with Crippen molar-refractivity contribution in [3.63, 3.8) is 0 Å². The summed E-state index contributed by atoms with van der Waals surface area (Å²) >= 11 is 0. The van der Waals surface area contributed by atoms with Crippen LogP contribution in [0.25, 0.3) is 16.7 Å². The topological polar surface area (TPSA) is 78.0 Å². The number of aromatic nitrogens is 3. The number of benzene rings is 2. The van der Waals surface area contributed by atoms with Gasteiger partial charge in [-0.2, -0.15) is 0 Å². The fourth-order valence-electron chi connectivity index (χ4n) is 4.38. The molecule has 0 amide bonds. The Hall–Kier alpha value is -3.94. The van der Waals surface area contributed by atoms with Crippen LogP contribution in [0.1, 0.15) is 37.8 Å². The molecule has 0 aliphatic heterocycles. The maximum Gasteiger partial charge on any atom is 0.337 e. The van der Waals surface area contributed by atoms with Crippen molar-refractivity contribution in [3.05, 3.63) is 97.2 Å². The number of nitrogens with zero attached hydrogens (tertiary/aromatic N) is 3. The van der Waals surface area contributed by atoms with Crippen LogP contribution in [0, 0.1) is 5.82 Å². The van der Waals surface area contributed by atoms with Gasteiger partial charge in [0.2, 0.25) is 0 Å². The number of rotatable bonds is 6. The minimum Gasteiger partial charge on any atom is -0.352 e. The molecule has 1 saturated carbocycles. The lowest BCUT2D eigenvalue weighted by molar-refractivity contribution is 0.628. The first kappa shape index (κ1) is 21.9. The van der Waals surface area contributed by atoms with Gasteiger partial charge in [-0.1, -0.05) is 37.6 Å². The highest BCUT2D eigenvalue weighted by Gasteiger charge is 2.31. The summed E-state index contributed by atoms with van der Waals surface area (Å²) < 4.78 is 18.8. The SMILES string of the molecule is CCCc1ccc(Nc2cc(=O)n(C)c3c2c(=O)n(C2CC2)c(=O)n3-c2ccccc2)c(F)c1. The molecule has 1 fully saturated rings. The lowest BCUT2D eigenvalue weighted by atomic mass is 10.1. The van der Waals surface area contributed by atoms with Gasteiger partial charge in [-0.3, -0.25) is 18.7 Å². The summed E-state index contributed by atoms with van der Waals surface area (Å²) in [5.41, 5.74) is 0.488. The van der Waals surface area contributed by atoms with Gasteiger partial charge in [0.05, 0.1) is 17.1 Å². The van der Waals surface area contributed by atoms with E-state index in [1.54, 1.807) is 30.3 Å². The molecule has 4 aromatic rings. The Bertz CT molecular complexity index is 1580. The molecule has 174 valence electrons. The number of fused-ring (bicyclic) bond motifs is 1. The number of aryl methyl sites for hydroxylation is 2. The van der Waals surface area contributed by atoms with Crippen molar-refractivity contribution in [2.75, 3.05) is 5.32 Å². The molecule has 0 atom stereocenters. The summed E-state index contributed by atoms with van der Waals surface area (Å²) in [6.45, 7) is 2.02. The Morgan fingerprint density at radius 2 is 1.74 bits per heavy atom. The Kier molecular flexibility index (Phi) is 5.43. The highest BCUT2D eigenvalue weighted by molar-refractivity contribution is 5.91. The monoisotopic (exact) mass is 460 g/mol. The van der Waals surface area contributed by atoms with E-state index in [0.29, 0.717) is 5.69 Å². The summed E-state index contributed by atoms with van der Waals surface area (Å²) in [5.74, 6) is -0.473. The zero-order valence-electron chi connectivity index (χ0n) is 19.0. The summed E-state index contributed by atoms with van der Waals surface area (Å²) in [4.78, 5) is 40.0. The van der Waals surface area contributed by atoms with Gasteiger partial charge in [0.1, 0.15) is 16.9 Å². The van der Waals surface area contributed by atoms with Crippen LogP contribution in [0.5, 0.6) is 0 Å². The number of hydrogen-bond acceptors (Lipinski definition) is 4. The zero-order chi connectivity index (χ0) is 24.0.